The Hall–Kier alpha value is -7.42. The molecule has 0 unspecified atom stereocenters. The van der Waals surface area contributed by atoms with Crippen molar-refractivity contribution in [2.75, 3.05) is 4.90 Å². The van der Waals surface area contributed by atoms with Gasteiger partial charge in [-0.3, -0.25) is 0 Å². The third-order valence-electron chi connectivity index (χ3n) is 12.4. The van der Waals surface area contributed by atoms with Crippen molar-refractivity contribution in [2.24, 2.45) is 0 Å². The Morgan fingerprint density at radius 3 is 1.80 bits per heavy atom. The topological polar surface area (TPSA) is 8.17 Å². The van der Waals surface area contributed by atoms with E-state index in [1.165, 1.54) is 71.9 Å². The normalized spacial score (nSPS) is 12.7. The molecule has 0 spiro atoms. The van der Waals surface area contributed by atoms with Gasteiger partial charge in [-0.25, -0.2) is 0 Å². The van der Waals surface area contributed by atoms with E-state index < -0.39 is 0 Å². The first-order valence-corrected chi connectivity index (χ1v) is 20.5. The van der Waals surface area contributed by atoms with Gasteiger partial charge in [0.05, 0.1) is 16.7 Å². The average Bonchev–Trinajstić information content (AvgIpc) is 3.75. The zero-order chi connectivity index (χ0) is 39.5. The molecule has 280 valence electrons. The molecule has 1 aliphatic carbocycles. The summed E-state index contributed by atoms with van der Waals surface area (Å²) in [5, 5.41) is 2.48. The van der Waals surface area contributed by atoms with Crippen LogP contribution in [-0.4, -0.2) is 4.57 Å². The number of hydrogen-bond donors (Lipinski definition) is 0. The number of benzene rings is 9. The molecule has 0 amide bonds. The van der Waals surface area contributed by atoms with Crippen molar-refractivity contribution in [3.8, 4) is 50.2 Å². The summed E-state index contributed by atoms with van der Waals surface area (Å²) in [6.45, 7) is 4.73. The molecule has 0 aliphatic heterocycles. The van der Waals surface area contributed by atoms with Crippen LogP contribution in [-0.2, 0) is 5.41 Å². The zero-order valence-corrected chi connectivity index (χ0v) is 33.2. The van der Waals surface area contributed by atoms with E-state index >= 15 is 0 Å². The lowest BCUT2D eigenvalue weighted by Gasteiger charge is -2.31. The fraction of sp³-hybridized carbons (Fsp3) is 0.0526. The van der Waals surface area contributed by atoms with Crippen LogP contribution in [0.2, 0.25) is 0 Å². The zero-order valence-electron chi connectivity index (χ0n) is 33.2. The molecule has 10 aromatic rings. The molecule has 59 heavy (non-hydrogen) atoms. The molecule has 1 heterocycles. The van der Waals surface area contributed by atoms with Crippen molar-refractivity contribution in [2.45, 2.75) is 19.3 Å². The number of hydrogen-bond acceptors (Lipinski definition) is 1. The van der Waals surface area contributed by atoms with E-state index in [1.54, 1.807) is 0 Å². The molecule has 0 saturated carbocycles. The van der Waals surface area contributed by atoms with Crippen LogP contribution in [0, 0.1) is 0 Å². The third kappa shape index (κ3) is 5.71. The molecular weight excluding hydrogens is 713 g/mol. The summed E-state index contributed by atoms with van der Waals surface area (Å²) in [6, 6.07) is 80.0. The highest BCUT2D eigenvalue weighted by Crippen LogP contribution is 2.52. The van der Waals surface area contributed by atoms with Gasteiger partial charge in [0, 0.05) is 38.8 Å². The Labute approximate surface area is 345 Å². The van der Waals surface area contributed by atoms with Crippen LogP contribution in [0.5, 0.6) is 0 Å². The fourth-order valence-corrected chi connectivity index (χ4v) is 9.58. The lowest BCUT2D eigenvalue weighted by molar-refractivity contribution is 0.660. The predicted octanol–water partition coefficient (Wildman–Crippen LogP) is 15.6. The van der Waals surface area contributed by atoms with Gasteiger partial charge >= 0.3 is 0 Å². The van der Waals surface area contributed by atoms with E-state index in [9.17, 15) is 0 Å². The van der Waals surface area contributed by atoms with Crippen LogP contribution in [0.3, 0.4) is 0 Å². The molecule has 0 N–H and O–H groups in total. The largest absolute Gasteiger partial charge is 0.310 e. The molecule has 0 atom stereocenters. The maximum absolute atomic E-state index is 2.49. The van der Waals surface area contributed by atoms with Crippen molar-refractivity contribution in [3.63, 3.8) is 0 Å². The van der Waals surface area contributed by atoms with Gasteiger partial charge in [0.25, 0.3) is 0 Å². The molecule has 9 aromatic carbocycles. The molecule has 1 aliphatic rings. The van der Waals surface area contributed by atoms with Crippen LogP contribution in [0.1, 0.15) is 25.0 Å². The second-order valence-electron chi connectivity index (χ2n) is 16.1. The summed E-state index contributed by atoms with van der Waals surface area (Å²) in [6.07, 6.45) is 0. The Morgan fingerprint density at radius 2 is 0.983 bits per heavy atom. The summed E-state index contributed by atoms with van der Waals surface area (Å²) < 4.78 is 2.42. The minimum Gasteiger partial charge on any atom is -0.310 e. The van der Waals surface area contributed by atoms with E-state index in [0.717, 1.165) is 28.3 Å². The minimum atomic E-state index is -0.149. The van der Waals surface area contributed by atoms with E-state index in [4.69, 9.17) is 0 Å². The monoisotopic (exact) mass is 754 g/mol. The molecule has 0 fully saturated rings. The summed E-state index contributed by atoms with van der Waals surface area (Å²) >= 11 is 0. The summed E-state index contributed by atoms with van der Waals surface area (Å²) in [5.74, 6) is 0. The molecule has 2 heteroatoms. The van der Waals surface area contributed by atoms with E-state index in [0.29, 0.717) is 0 Å². The number of nitrogens with zero attached hydrogens (tertiary/aromatic N) is 2. The van der Waals surface area contributed by atoms with Gasteiger partial charge in [0.15, 0.2) is 0 Å². The van der Waals surface area contributed by atoms with Gasteiger partial charge in [0.2, 0.25) is 0 Å². The number of rotatable bonds is 7. The average molecular weight is 755 g/mol. The van der Waals surface area contributed by atoms with Crippen molar-refractivity contribution in [1.29, 1.82) is 0 Å². The second kappa shape index (κ2) is 13.9. The quantitative estimate of drug-likeness (QED) is 0.157. The van der Waals surface area contributed by atoms with Crippen molar-refractivity contribution < 1.29 is 0 Å². The second-order valence-corrected chi connectivity index (χ2v) is 16.1. The highest BCUT2D eigenvalue weighted by Gasteiger charge is 2.36. The van der Waals surface area contributed by atoms with Crippen LogP contribution in [0.25, 0.3) is 72.0 Å². The Balaban J connectivity index is 1.20. The Morgan fingerprint density at radius 1 is 0.373 bits per heavy atom. The molecular formula is C57H42N2. The van der Waals surface area contributed by atoms with E-state index in [1.807, 2.05) is 0 Å². The highest BCUT2D eigenvalue weighted by atomic mass is 15.1. The standard InChI is InChI=1S/C57H42N2/c1-57(2)51-29-14-12-26-47(51)48-35-33-45(38-52(48)57)58(44-25-16-22-41(36-44)39-18-6-3-7-19-39)54-31-17-28-46(40-20-8-4-9-21-40)56(54)42-32-34-50-49-27-13-15-30-53(49)59(55(50)37-42)43-23-10-5-11-24-43/h3-38H,1-2H3. The number of aromatic nitrogens is 1. The van der Waals surface area contributed by atoms with Gasteiger partial charge in [-0.2, -0.15) is 0 Å². The van der Waals surface area contributed by atoms with Crippen LogP contribution >= 0.6 is 0 Å². The molecule has 11 rings (SSSR count). The third-order valence-corrected chi connectivity index (χ3v) is 12.4. The maximum Gasteiger partial charge on any atom is 0.0547 e. The number of anilines is 3. The molecule has 0 radical (unpaired) electrons. The van der Waals surface area contributed by atoms with Crippen molar-refractivity contribution >= 4 is 38.9 Å². The van der Waals surface area contributed by atoms with Gasteiger partial charge < -0.3 is 9.47 Å². The molecule has 1 aromatic heterocycles. The van der Waals surface area contributed by atoms with Gasteiger partial charge in [-0.15, -0.1) is 0 Å². The lowest BCUT2D eigenvalue weighted by atomic mass is 9.82. The van der Waals surface area contributed by atoms with Crippen molar-refractivity contribution in [3.05, 3.63) is 230 Å². The van der Waals surface area contributed by atoms with Crippen LogP contribution < -0.4 is 4.90 Å². The van der Waals surface area contributed by atoms with E-state index in [2.05, 4.69) is 242 Å². The summed E-state index contributed by atoms with van der Waals surface area (Å²) in [5.41, 5.74) is 19.1. The van der Waals surface area contributed by atoms with Crippen LogP contribution in [0.4, 0.5) is 17.1 Å². The number of para-hydroxylation sites is 2. The van der Waals surface area contributed by atoms with Gasteiger partial charge in [0.1, 0.15) is 0 Å². The Kier molecular flexibility index (Phi) is 8.20. The SMILES string of the molecule is CC1(C)c2ccccc2-c2ccc(N(c3cccc(-c4ccccc4)c3)c3cccc(-c4ccccc4)c3-c3ccc4c5ccccc5n(-c5ccccc5)c4c3)cc21. The van der Waals surface area contributed by atoms with Crippen molar-refractivity contribution in [1.82, 2.24) is 4.57 Å². The molecule has 0 bridgehead atoms. The van der Waals surface area contributed by atoms with Gasteiger partial charge in [-0.05, 0) is 105 Å². The lowest BCUT2D eigenvalue weighted by Crippen LogP contribution is -2.17. The molecule has 0 saturated heterocycles. The Bertz CT molecular complexity index is 3170. The highest BCUT2D eigenvalue weighted by molar-refractivity contribution is 6.11. The summed E-state index contributed by atoms with van der Waals surface area (Å²) in [7, 11) is 0. The van der Waals surface area contributed by atoms with Gasteiger partial charge in [-0.1, -0.05) is 178 Å². The smallest absolute Gasteiger partial charge is 0.0547 e. The minimum absolute atomic E-state index is 0.149. The first-order chi connectivity index (χ1) is 29.0. The predicted molar refractivity (Wildman–Crippen MR) is 249 cm³/mol. The fourth-order valence-electron chi connectivity index (χ4n) is 9.58. The van der Waals surface area contributed by atoms with E-state index in [-0.39, 0.29) is 5.41 Å². The maximum atomic E-state index is 2.49. The number of fused-ring (bicyclic) bond motifs is 6. The summed E-state index contributed by atoms with van der Waals surface area (Å²) in [4.78, 5) is 2.49. The first kappa shape index (κ1) is 34.8. The van der Waals surface area contributed by atoms with Crippen LogP contribution in [0.15, 0.2) is 218 Å². The molecule has 2 nitrogen and oxygen atoms in total. The first-order valence-electron chi connectivity index (χ1n) is 20.5.